The Bertz CT molecular complexity index is 904. The number of hydrogen-bond acceptors (Lipinski definition) is 7. The largest absolute Gasteiger partial charge is 0.497 e. The third kappa shape index (κ3) is 6.39. The lowest BCUT2D eigenvalue weighted by molar-refractivity contribution is -0.143. The number of imide groups is 1. The van der Waals surface area contributed by atoms with Crippen molar-refractivity contribution in [2.24, 2.45) is 0 Å². The van der Waals surface area contributed by atoms with Gasteiger partial charge in [0.2, 0.25) is 0 Å². The molecular weight excluding hydrogens is 378 g/mol. The van der Waals surface area contributed by atoms with E-state index in [1.165, 1.54) is 39.5 Å². The molecular formula is C21H21NO7. The normalized spacial score (nSPS) is 10.3. The molecule has 8 nitrogen and oxygen atoms in total. The molecule has 2 amide bonds. The summed E-state index contributed by atoms with van der Waals surface area (Å²) in [5.74, 6) is -0.381. The average Bonchev–Trinajstić information content (AvgIpc) is 2.75. The quantitative estimate of drug-likeness (QED) is 0.537. The minimum atomic E-state index is -0.748. The maximum absolute atomic E-state index is 12.0. The molecule has 2 aromatic carbocycles. The molecule has 0 aliphatic carbocycles. The minimum Gasteiger partial charge on any atom is -0.497 e. The highest BCUT2D eigenvalue weighted by atomic mass is 16.5. The van der Waals surface area contributed by atoms with Crippen molar-refractivity contribution in [3.63, 3.8) is 0 Å². The lowest BCUT2D eigenvalue weighted by atomic mass is 10.1. The van der Waals surface area contributed by atoms with Crippen molar-refractivity contribution in [2.45, 2.75) is 0 Å². The van der Waals surface area contributed by atoms with E-state index in [1.54, 1.807) is 30.3 Å². The number of carbonyl (C=O) groups is 3. The Hall–Kier alpha value is -3.81. The summed E-state index contributed by atoms with van der Waals surface area (Å²) in [4.78, 5) is 35.6. The highest BCUT2D eigenvalue weighted by Crippen LogP contribution is 2.25. The van der Waals surface area contributed by atoms with Crippen LogP contribution in [0.1, 0.15) is 15.9 Å². The second-order valence-corrected chi connectivity index (χ2v) is 5.65. The van der Waals surface area contributed by atoms with Gasteiger partial charge in [-0.05, 0) is 48.5 Å². The van der Waals surface area contributed by atoms with Crippen LogP contribution >= 0.6 is 0 Å². The van der Waals surface area contributed by atoms with Gasteiger partial charge in [-0.3, -0.25) is 14.9 Å². The van der Waals surface area contributed by atoms with Gasteiger partial charge in [0.1, 0.15) is 17.2 Å². The number of rotatable bonds is 8. The van der Waals surface area contributed by atoms with Crippen LogP contribution in [0.2, 0.25) is 0 Å². The van der Waals surface area contributed by atoms with Gasteiger partial charge >= 0.3 is 5.97 Å². The zero-order valence-corrected chi connectivity index (χ0v) is 16.3. The molecule has 0 heterocycles. The molecule has 0 aliphatic rings. The number of benzene rings is 2. The molecule has 0 saturated carbocycles. The third-order valence-electron chi connectivity index (χ3n) is 3.79. The minimum absolute atomic E-state index is 0.274. The van der Waals surface area contributed by atoms with Crippen LogP contribution in [0.25, 0.3) is 6.08 Å². The third-order valence-corrected chi connectivity index (χ3v) is 3.79. The lowest BCUT2D eigenvalue weighted by Gasteiger charge is -2.07. The molecule has 0 bridgehead atoms. The standard InChI is InChI=1S/C21H21NO7/c1-26-16-7-4-14(5-8-16)21(25)22-19(23)13-29-20(24)11-6-15-12-17(27-2)9-10-18(15)28-3/h4-12H,13H2,1-3H3,(H,22,23,25)/b11-6+. The van der Waals surface area contributed by atoms with E-state index in [0.717, 1.165) is 6.08 Å². The molecule has 0 unspecified atom stereocenters. The topological polar surface area (TPSA) is 100 Å². The Morgan fingerprint density at radius 2 is 1.55 bits per heavy atom. The van der Waals surface area contributed by atoms with Crippen molar-refractivity contribution in [1.29, 1.82) is 0 Å². The van der Waals surface area contributed by atoms with Gasteiger partial charge in [-0.15, -0.1) is 0 Å². The Morgan fingerprint density at radius 1 is 0.897 bits per heavy atom. The summed E-state index contributed by atoms with van der Waals surface area (Å²) >= 11 is 0. The van der Waals surface area contributed by atoms with Crippen molar-refractivity contribution in [3.8, 4) is 17.2 Å². The molecule has 0 saturated heterocycles. The summed E-state index contributed by atoms with van der Waals surface area (Å²) in [5, 5.41) is 2.14. The first-order valence-corrected chi connectivity index (χ1v) is 8.52. The SMILES string of the molecule is COc1ccc(C(=O)NC(=O)COC(=O)/C=C/c2cc(OC)ccc2OC)cc1. The van der Waals surface area contributed by atoms with E-state index in [2.05, 4.69) is 5.32 Å². The van der Waals surface area contributed by atoms with Gasteiger partial charge in [-0.2, -0.15) is 0 Å². The fourth-order valence-corrected chi connectivity index (χ4v) is 2.29. The van der Waals surface area contributed by atoms with Gasteiger partial charge in [-0.25, -0.2) is 4.79 Å². The van der Waals surface area contributed by atoms with E-state index in [-0.39, 0.29) is 5.56 Å². The van der Waals surface area contributed by atoms with E-state index in [4.69, 9.17) is 18.9 Å². The van der Waals surface area contributed by atoms with Gasteiger partial charge in [0.15, 0.2) is 6.61 Å². The average molecular weight is 399 g/mol. The van der Waals surface area contributed by atoms with Crippen molar-refractivity contribution in [3.05, 3.63) is 59.7 Å². The first-order valence-electron chi connectivity index (χ1n) is 8.52. The van der Waals surface area contributed by atoms with E-state index < -0.39 is 24.4 Å². The second-order valence-electron chi connectivity index (χ2n) is 5.65. The predicted octanol–water partition coefficient (Wildman–Crippen LogP) is 2.23. The lowest BCUT2D eigenvalue weighted by Crippen LogP contribution is -2.34. The summed E-state index contributed by atoms with van der Waals surface area (Å²) in [6, 6.07) is 11.3. The molecule has 0 aliphatic heterocycles. The van der Waals surface area contributed by atoms with E-state index >= 15 is 0 Å². The van der Waals surface area contributed by atoms with Crippen LogP contribution in [-0.4, -0.2) is 45.7 Å². The molecule has 29 heavy (non-hydrogen) atoms. The summed E-state index contributed by atoms with van der Waals surface area (Å²) in [7, 11) is 4.53. The molecule has 8 heteroatoms. The molecule has 0 aromatic heterocycles. The van der Waals surface area contributed by atoms with Crippen molar-refractivity contribution >= 4 is 23.9 Å². The van der Waals surface area contributed by atoms with Crippen LogP contribution in [0.15, 0.2) is 48.5 Å². The van der Waals surface area contributed by atoms with Gasteiger partial charge in [0, 0.05) is 17.2 Å². The molecule has 2 aromatic rings. The van der Waals surface area contributed by atoms with Crippen LogP contribution in [-0.2, 0) is 14.3 Å². The van der Waals surface area contributed by atoms with Crippen LogP contribution in [0.4, 0.5) is 0 Å². The molecule has 0 atom stereocenters. The Labute approximate surface area is 168 Å². The molecule has 1 N–H and O–H groups in total. The summed E-state index contributed by atoms with van der Waals surface area (Å²) < 4.78 is 20.2. The molecule has 0 fully saturated rings. The maximum atomic E-state index is 12.0. The van der Waals surface area contributed by atoms with Gasteiger partial charge in [-0.1, -0.05) is 0 Å². The van der Waals surface area contributed by atoms with Crippen LogP contribution < -0.4 is 19.5 Å². The summed E-state index contributed by atoms with van der Waals surface area (Å²) in [5.41, 5.74) is 0.874. The number of methoxy groups -OCH3 is 3. The first-order chi connectivity index (χ1) is 14.0. The highest BCUT2D eigenvalue weighted by Gasteiger charge is 2.12. The summed E-state index contributed by atoms with van der Waals surface area (Å²) in [6.45, 7) is -0.597. The first kappa shape index (κ1) is 21.5. The fourth-order valence-electron chi connectivity index (χ4n) is 2.29. The smallest absolute Gasteiger partial charge is 0.331 e. The number of ether oxygens (including phenoxy) is 4. The van der Waals surface area contributed by atoms with Crippen LogP contribution in [0.5, 0.6) is 17.2 Å². The molecule has 2 rings (SSSR count). The van der Waals surface area contributed by atoms with Gasteiger partial charge in [0.05, 0.1) is 21.3 Å². The van der Waals surface area contributed by atoms with E-state index in [9.17, 15) is 14.4 Å². The zero-order valence-electron chi connectivity index (χ0n) is 16.3. The Balaban J connectivity index is 1.87. The van der Waals surface area contributed by atoms with Crippen molar-refractivity contribution in [1.82, 2.24) is 5.32 Å². The summed E-state index contributed by atoms with van der Waals surface area (Å²) in [6.07, 6.45) is 2.62. The zero-order chi connectivity index (χ0) is 21.2. The van der Waals surface area contributed by atoms with Crippen molar-refractivity contribution < 1.29 is 33.3 Å². The van der Waals surface area contributed by atoms with E-state index in [1.807, 2.05) is 0 Å². The number of esters is 1. The second kappa shape index (κ2) is 10.5. The Morgan fingerprint density at radius 3 is 2.17 bits per heavy atom. The number of carbonyl (C=O) groups excluding carboxylic acids is 3. The fraction of sp³-hybridized carbons (Fsp3) is 0.190. The van der Waals surface area contributed by atoms with E-state index in [0.29, 0.717) is 22.8 Å². The van der Waals surface area contributed by atoms with Crippen LogP contribution in [0.3, 0.4) is 0 Å². The number of hydrogen-bond donors (Lipinski definition) is 1. The molecule has 0 radical (unpaired) electrons. The monoisotopic (exact) mass is 399 g/mol. The van der Waals surface area contributed by atoms with Crippen molar-refractivity contribution in [2.75, 3.05) is 27.9 Å². The Kier molecular flexibility index (Phi) is 7.78. The van der Waals surface area contributed by atoms with Crippen LogP contribution in [0, 0.1) is 0 Å². The maximum Gasteiger partial charge on any atom is 0.331 e. The number of amides is 2. The van der Waals surface area contributed by atoms with Gasteiger partial charge in [0.25, 0.3) is 11.8 Å². The molecule has 152 valence electrons. The number of nitrogens with one attached hydrogen (secondary N) is 1. The molecule has 0 spiro atoms. The predicted molar refractivity (Wildman–Crippen MR) is 105 cm³/mol. The highest BCUT2D eigenvalue weighted by molar-refractivity contribution is 6.05. The van der Waals surface area contributed by atoms with Gasteiger partial charge < -0.3 is 18.9 Å².